The molecule has 1 aliphatic heterocycles. The van der Waals surface area contributed by atoms with Crippen LogP contribution in [0.3, 0.4) is 0 Å². The number of fused-ring (bicyclic) bond motifs is 1. The van der Waals surface area contributed by atoms with E-state index < -0.39 is 0 Å². The Balaban J connectivity index is 1.74. The minimum atomic E-state index is 0.475. The lowest BCUT2D eigenvalue weighted by Gasteiger charge is -2.38. The third kappa shape index (κ3) is 4.21. The number of anilines is 2. The Kier molecular flexibility index (Phi) is 6.08. The smallest absolute Gasteiger partial charge is 0.147 e. The van der Waals surface area contributed by atoms with Crippen molar-refractivity contribution in [3.63, 3.8) is 0 Å². The molecule has 1 N–H and O–H groups in total. The highest BCUT2D eigenvalue weighted by molar-refractivity contribution is 6.30. The number of para-hydroxylation sites is 1. The maximum absolute atomic E-state index is 10.1. The molecule has 154 valence electrons. The van der Waals surface area contributed by atoms with Crippen LogP contribution >= 0.6 is 11.6 Å². The summed E-state index contributed by atoms with van der Waals surface area (Å²) in [4.78, 5) is 9.44. The average molecular weight is 420 g/mol. The molecule has 30 heavy (non-hydrogen) atoms. The van der Waals surface area contributed by atoms with Crippen LogP contribution in [0.4, 0.5) is 11.5 Å². The first-order valence-corrected chi connectivity index (χ1v) is 10.7. The minimum absolute atomic E-state index is 0.475. The third-order valence-electron chi connectivity index (χ3n) is 5.79. The highest BCUT2D eigenvalue weighted by Crippen LogP contribution is 2.36. The molecule has 0 aliphatic carbocycles. The third-order valence-corrected chi connectivity index (χ3v) is 6.05. The number of nitrogens with zero attached hydrogens (tertiary/aromatic N) is 4. The first-order valence-electron chi connectivity index (χ1n) is 10.3. The Labute approximate surface area is 182 Å². The lowest BCUT2D eigenvalue weighted by Crippen LogP contribution is -2.45. The quantitative estimate of drug-likeness (QED) is 0.637. The lowest BCUT2D eigenvalue weighted by molar-refractivity contribution is 0.258. The van der Waals surface area contributed by atoms with Crippen LogP contribution in [0.1, 0.15) is 24.0 Å². The van der Waals surface area contributed by atoms with Gasteiger partial charge < -0.3 is 15.1 Å². The molecule has 0 saturated carbocycles. The van der Waals surface area contributed by atoms with Gasteiger partial charge in [0.25, 0.3) is 0 Å². The van der Waals surface area contributed by atoms with Crippen LogP contribution in [0, 0.1) is 11.3 Å². The Hall–Kier alpha value is -2.81. The van der Waals surface area contributed by atoms with Crippen molar-refractivity contribution in [2.24, 2.45) is 0 Å². The Morgan fingerprint density at radius 3 is 2.70 bits per heavy atom. The van der Waals surface area contributed by atoms with E-state index in [0.717, 1.165) is 41.7 Å². The molecule has 1 aliphatic rings. The van der Waals surface area contributed by atoms with E-state index in [2.05, 4.69) is 41.3 Å². The summed E-state index contributed by atoms with van der Waals surface area (Å²) in [5.74, 6) is 0.633. The molecule has 0 amide bonds. The summed E-state index contributed by atoms with van der Waals surface area (Å²) >= 11 is 6.00. The van der Waals surface area contributed by atoms with Gasteiger partial charge in [0.2, 0.25) is 0 Å². The number of hydrogen-bond acceptors (Lipinski definition) is 5. The van der Waals surface area contributed by atoms with Gasteiger partial charge in [-0.15, -0.1) is 0 Å². The lowest BCUT2D eigenvalue weighted by atomic mass is 10.0. The van der Waals surface area contributed by atoms with Gasteiger partial charge in [-0.1, -0.05) is 41.9 Å². The Bertz CT molecular complexity index is 1070. The maximum atomic E-state index is 10.1. The molecule has 0 bridgehead atoms. The van der Waals surface area contributed by atoms with Crippen molar-refractivity contribution in [3.8, 4) is 6.07 Å². The van der Waals surface area contributed by atoms with Gasteiger partial charge in [0, 0.05) is 36.1 Å². The maximum Gasteiger partial charge on any atom is 0.147 e. The predicted molar refractivity (Wildman–Crippen MR) is 124 cm³/mol. The molecule has 3 aromatic rings. The molecular formula is C24H26ClN5. The number of halogens is 1. The second kappa shape index (κ2) is 8.91. The van der Waals surface area contributed by atoms with E-state index in [1.807, 2.05) is 42.5 Å². The van der Waals surface area contributed by atoms with Crippen molar-refractivity contribution in [3.05, 3.63) is 64.7 Å². The standard InChI is InChI=1S/C24H26ClN5/c1-29(2)19-6-5-13-30(16-19)23-20-7-3-4-8-22(20)28-24(21(23)14-26)27-15-17-9-11-18(25)12-10-17/h3-4,7-12,19H,5-6,13,15-16H2,1-2H3,(H,27,28). The molecule has 1 saturated heterocycles. The molecule has 1 fully saturated rings. The monoisotopic (exact) mass is 419 g/mol. The first kappa shape index (κ1) is 20.5. The van der Waals surface area contributed by atoms with Crippen molar-refractivity contribution in [1.82, 2.24) is 9.88 Å². The van der Waals surface area contributed by atoms with Gasteiger partial charge in [-0.2, -0.15) is 5.26 Å². The SMILES string of the molecule is CN(C)C1CCCN(c2c(C#N)c(NCc3ccc(Cl)cc3)nc3ccccc23)C1. The van der Waals surface area contributed by atoms with E-state index in [1.54, 1.807) is 0 Å². The number of likely N-dealkylation sites (N-methyl/N-ethyl adjacent to an activating group) is 1. The van der Waals surface area contributed by atoms with E-state index in [1.165, 1.54) is 6.42 Å². The second-order valence-corrected chi connectivity index (χ2v) is 8.44. The topological polar surface area (TPSA) is 55.2 Å². The number of hydrogen-bond donors (Lipinski definition) is 1. The molecule has 4 rings (SSSR count). The van der Waals surface area contributed by atoms with E-state index in [9.17, 15) is 5.26 Å². The number of piperidine rings is 1. The van der Waals surface area contributed by atoms with Crippen LogP contribution in [0.5, 0.6) is 0 Å². The highest BCUT2D eigenvalue weighted by atomic mass is 35.5. The fourth-order valence-corrected chi connectivity index (χ4v) is 4.25. The molecule has 1 aromatic heterocycles. The molecular weight excluding hydrogens is 394 g/mol. The summed E-state index contributed by atoms with van der Waals surface area (Å²) < 4.78 is 0. The number of pyridine rings is 1. The van der Waals surface area contributed by atoms with E-state index in [-0.39, 0.29) is 0 Å². The molecule has 5 nitrogen and oxygen atoms in total. The highest BCUT2D eigenvalue weighted by Gasteiger charge is 2.26. The molecule has 1 atom stereocenters. The van der Waals surface area contributed by atoms with Crippen LogP contribution in [0.15, 0.2) is 48.5 Å². The van der Waals surface area contributed by atoms with Gasteiger partial charge in [0.1, 0.15) is 17.5 Å². The van der Waals surface area contributed by atoms with Gasteiger partial charge in [-0.25, -0.2) is 4.98 Å². The van der Waals surface area contributed by atoms with E-state index in [4.69, 9.17) is 16.6 Å². The number of nitriles is 1. The summed E-state index contributed by atoms with van der Waals surface area (Å²) in [6, 6.07) is 18.7. The van der Waals surface area contributed by atoms with Crippen LogP contribution in [-0.2, 0) is 6.54 Å². The van der Waals surface area contributed by atoms with Gasteiger partial charge in [-0.3, -0.25) is 0 Å². The van der Waals surface area contributed by atoms with Crippen molar-refractivity contribution in [2.75, 3.05) is 37.4 Å². The summed E-state index contributed by atoms with van der Waals surface area (Å²) in [5, 5.41) is 15.2. The number of aromatic nitrogens is 1. The van der Waals surface area contributed by atoms with E-state index in [0.29, 0.717) is 29.0 Å². The van der Waals surface area contributed by atoms with Gasteiger partial charge in [0.15, 0.2) is 0 Å². The number of nitrogens with one attached hydrogen (secondary N) is 1. The van der Waals surface area contributed by atoms with Crippen molar-refractivity contribution in [2.45, 2.75) is 25.4 Å². The van der Waals surface area contributed by atoms with Crippen molar-refractivity contribution < 1.29 is 0 Å². The van der Waals surface area contributed by atoms with Crippen molar-refractivity contribution in [1.29, 1.82) is 5.26 Å². The van der Waals surface area contributed by atoms with Gasteiger partial charge in [0.05, 0.1) is 11.2 Å². The first-order chi connectivity index (χ1) is 14.6. The van der Waals surface area contributed by atoms with Crippen LogP contribution in [0.25, 0.3) is 10.9 Å². The normalized spacial score (nSPS) is 16.6. The summed E-state index contributed by atoms with van der Waals surface area (Å²) in [7, 11) is 4.26. The summed E-state index contributed by atoms with van der Waals surface area (Å²) in [6.07, 6.45) is 2.29. The van der Waals surface area contributed by atoms with Crippen LogP contribution < -0.4 is 10.2 Å². The van der Waals surface area contributed by atoms with Crippen LogP contribution in [-0.4, -0.2) is 43.1 Å². The molecule has 2 aromatic carbocycles. The second-order valence-electron chi connectivity index (χ2n) is 8.00. The zero-order valence-electron chi connectivity index (χ0n) is 17.4. The largest absolute Gasteiger partial charge is 0.368 e. The fourth-order valence-electron chi connectivity index (χ4n) is 4.12. The van der Waals surface area contributed by atoms with Gasteiger partial charge >= 0.3 is 0 Å². The molecule has 6 heteroatoms. The number of benzene rings is 2. The molecule has 0 spiro atoms. The zero-order chi connectivity index (χ0) is 21.1. The number of rotatable bonds is 5. The van der Waals surface area contributed by atoms with Crippen molar-refractivity contribution >= 4 is 34.0 Å². The fraction of sp³-hybridized carbons (Fsp3) is 0.333. The summed E-state index contributed by atoms with van der Waals surface area (Å²) in [6.45, 7) is 2.44. The Morgan fingerprint density at radius 1 is 1.20 bits per heavy atom. The predicted octanol–water partition coefficient (Wildman–Crippen LogP) is 4.90. The van der Waals surface area contributed by atoms with E-state index >= 15 is 0 Å². The molecule has 2 heterocycles. The zero-order valence-corrected chi connectivity index (χ0v) is 18.2. The van der Waals surface area contributed by atoms with Crippen LogP contribution in [0.2, 0.25) is 5.02 Å². The average Bonchev–Trinajstić information content (AvgIpc) is 2.77. The molecule has 0 radical (unpaired) electrons. The Morgan fingerprint density at radius 2 is 1.97 bits per heavy atom. The molecule has 1 unspecified atom stereocenters. The minimum Gasteiger partial charge on any atom is -0.368 e. The van der Waals surface area contributed by atoms with Gasteiger partial charge in [-0.05, 0) is 50.7 Å². The summed E-state index contributed by atoms with van der Waals surface area (Å²) in [5.41, 5.74) is 3.60.